The van der Waals surface area contributed by atoms with Gasteiger partial charge >= 0.3 is 0 Å². The molecule has 3 rings (SSSR count). The van der Waals surface area contributed by atoms with Crippen LogP contribution in [0.25, 0.3) is 16.9 Å². The molecule has 1 N–H and O–H groups in total. The van der Waals surface area contributed by atoms with Gasteiger partial charge in [0.2, 0.25) is 0 Å². The van der Waals surface area contributed by atoms with Gasteiger partial charge in [-0.1, -0.05) is 36.2 Å². The van der Waals surface area contributed by atoms with Crippen molar-refractivity contribution < 1.29 is 4.92 Å². The van der Waals surface area contributed by atoms with Crippen LogP contribution in [0.4, 0.5) is 11.4 Å². The predicted molar refractivity (Wildman–Crippen MR) is 104 cm³/mol. The van der Waals surface area contributed by atoms with Gasteiger partial charge in [-0.3, -0.25) is 10.1 Å². The summed E-state index contributed by atoms with van der Waals surface area (Å²) in [6.45, 7) is 2.82. The molecule has 0 saturated heterocycles. The summed E-state index contributed by atoms with van der Waals surface area (Å²) in [4.78, 5) is 15.1. The van der Waals surface area contributed by atoms with Gasteiger partial charge < -0.3 is 9.88 Å². The molecule has 26 heavy (non-hydrogen) atoms. The molecule has 0 bridgehead atoms. The maximum Gasteiger partial charge on any atom is 0.271 e. The lowest BCUT2D eigenvalue weighted by Gasteiger charge is -2.11. The molecule has 0 radical (unpaired) electrons. The zero-order chi connectivity index (χ0) is 18.7. The summed E-state index contributed by atoms with van der Waals surface area (Å²) in [6, 6.07) is 9.99. The zero-order valence-electron chi connectivity index (χ0n) is 13.9. The quantitative estimate of drug-likeness (QED) is 0.440. The van der Waals surface area contributed by atoms with E-state index in [0.717, 1.165) is 24.2 Å². The Morgan fingerprint density at radius 1 is 1.19 bits per heavy atom. The van der Waals surface area contributed by atoms with Crippen LogP contribution < -0.4 is 5.32 Å². The summed E-state index contributed by atoms with van der Waals surface area (Å²) in [6.07, 6.45) is 4.36. The molecular formula is C18H16Cl2N4O2. The normalized spacial score (nSPS) is 10.7. The number of non-ortho nitro benzene ring substituents is 1. The first kappa shape index (κ1) is 18.2. The summed E-state index contributed by atoms with van der Waals surface area (Å²) < 4.78 is 1.75. The molecule has 3 aromatic rings. The Kier molecular flexibility index (Phi) is 5.44. The van der Waals surface area contributed by atoms with Gasteiger partial charge in [-0.2, -0.15) is 0 Å². The molecule has 0 aliphatic rings. The summed E-state index contributed by atoms with van der Waals surface area (Å²) in [5, 5.41) is 15.3. The number of nitrogens with one attached hydrogen (secondary N) is 1. The number of hydrogen-bond donors (Lipinski definition) is 1. The number of benzene rings is 2. The van der Waals surface area contributed by atoms with Gasteiger partial charge in [0.05, 0.1) is 38.4 Å². The van der Waals surface area contributed by atoms with Crippen molar-refractivity contribution in [3.63, 3.8) is 0 Å². The van der Waals surface area contributed by atoms with Crippen molar-refractivity contribution in [2.24, 2.45) is 0 Å². The molecular weight excluding hydrogens is 375 g/mol. The van der Waals surface area contributed by atoms with Crippen LogP contribution in [0.5, 0.6) is 0 Å². The highest BCUT2D eigenvalue weighted by molar-refractivity contribution is 6.42. The van der Waals surface area contributed by atoms with Crippen molar-refractivity contribution in [3.05, 3.63) is 69.1 Å². The third kappa shape index (κ3) is 3.81. The fraction of sp³-hybridized carbons (Fsp3) is 0.167. The predicted octanol–water partition coefficient (Wildman–Crippen LogP) is 5.58. The van der Waals surface area contributed by atoms with E-state index in [-0.39, 0.29) is 5.69 Å². The highest BCUT2D eigenvalue weighted by Gasteiger charge is 2.14. The maximum absolute atomic E-state index is 11.1. The van der Waals surface area contributed by atoms with Crippen molar-refractivity contribution in [1.82, 2.24) is 9.55 Å². The van der Waals surface area contributed by atoms with E-state index in [2.05, 4.69) is 17.2 Å². The minimum Gasteiger partial charge on any atom is -0.383 e. The lowest BCUT2D eigenvalue weighted by atomic mass is 10.2. The van der Waals surface area contributed by atoms with E-state index in [9.17, 15) is 10.1 Å². The first-order chi connectivity index (χ1) is 12.5. The number of nitro benzene ring substituents is 1. The molecule has 8 heteroatoms. The molecule has 0 aliphatic carbocycles. The van der Waals surface area contributed by atoms with E-state index in [1.807, 2.05) is 6.07 Å². The SMILES string of the molecule is CCCNc1ccc([N+](=O)[O-])cc1-n1cnc(-c2ccc(Cl)c(Cl)c2)c1. The van der Waals surface area contributed by atoms with E-state index < -0.39 is 4.92 Å². The topological polar surface area (TPSA) is 73.0 Å². The minimum atomic E-state index is -0.413. The largest absolute Gasteiger partial charge is 0.383 e. The fourth-order valence-electron chi connectivity index (χ4n) is 2.52. The first-order valence-corrected chi connectivity index (χ1v) is 8.77. The molecule has 0 fully saturated rings. The second kappa shape index (κ2) is 7.76. The lowest BCUT2D eigenvalue weighted by Crippen LogP contribution is -2.05. The van der Waals surface area contributed by atoms with Crippen LogP contribution in [0.1, 0.15) is 13.3 Å². The van der Waals surface area contributed by atoms with Gasteiger partial charge in [-0.25, -0.2) is 4.98 Å². The molecule has 0 saturated carbocycles. The third-order valence-electron chi connectivity index (χ3n) is 3.83. The van der Waals surface area contributed by atoms with E-state index >= 15 is 0 Å². The van der Waals surface area contributed by atoms with Gasteiger partial charge in [-0.15, -0.1) is 0 Å². The Morgan fingerprint density at radius 3 is 2.69 bits per heavy atom. The van der Waals surface area contributed by atoms with Gasteiger partial charge in [0.15, 0.2) is 0 Å². The van der Waals surface area contributed by atoms with Crippen LogP contribution in [0.2, 0.25) is 10.0 Å². The number of rotatable bonds is 6. The summed E-state index contributed by atoms with van der Waals surface area (Å²) in [5.74, 6) is 0. The van der Waals surface area contributed by atoms with E-state index in [0.29, 0.717) is 21.4 Å². The molecule has 6 nitrogen and oxygen atoms in total. The van der Waals surface area contributed by atoms with Crippen molar-refractivity contribution in [2.75, 3.05) is 11.9 Å². The molecule has 0 spiro atoms. The highest BCUT2D eigenvalue weighted by Crippen LogP contribution is 2.30. The summed E-state index contributed by atoms with van der Waals surface area (Å²) >= 11 is 12.0. The smallest absolute Gasteiger partial charge is 0.271 e. The molecule has 0 aliphatic heterocycles. The van der Waals surface area contributed by atoms with E-state index in [4.69, 9.17) is 23.2 Å². The molecule has 1 aromatic heterocycles. The van der Waals surface area contributed by atoms with Crippen molar-refractivity contribution >= 4 is 34.6 Å². The van der Waals surface area contributed by atoms with Gasteiger partial charge in [0, 0.05) is 30.4 Å². The fourth-order valence-corrected chi connectivity index (χ4v) is 2.81. The second-order valence-electron chi connectivity index (χ2n) is 5.68. The third-order valence-corrected chi connectivity index (χ3v) is 4.57. The Hall–Kier alpha value is -2.57. The molecule has 1 heterocycles. The monoisotopic (exact) mass is 390 g/mol. The molecule has 2 aromatic carbocycles. The Labute approximate surface area is 160 Å². The molecule has 0 atom stereocenters. The number of nitrogens with zero attached hydrogens (tertiary/aromatic N) is 3. The standard InChI is InChI=1S/C18H16Cl2N4O2/c1-2-7-21-16-6-4-13(24(25)26)9-18(16)23-10-17(22-11-23)12-3-5-14(19)15(20)8-12/h3-6,8-11,21H,2,7H2,1H3. The lowest BCUT2D eigenvalue weighted by molar-refractivity contribution is -0.384. The van der Waals surface area contributed by atoms with Crippen LogP contribution in [-0.2, 0) is 0 Å². The molecule has 134 valence electrons. The Morgan fingerprint density at radius 2 is 2.00 bits per heavy atom. The second-order valence-corrected chi connectivity index (χ2v) is 6.49. The van der Waals surface area contributed by atoms with Crippen LogP contribution in [0.15, 0.2) is 48.9 Å². The Bertz CT molecular complexity index is 956. The van der Waals surface area contributed by atoms with Crippen molar-refractivity contribution in [2.45, 2.75) is 13.3 Å². The van der Waals surface area contributed by atoms with Crippen LogP contribution in [0, 0.1) is 10.1 Å². The van der Waals surface area contributed by atoms with E-state index in [1.165, 1.54) is 12.1 Å². The molecule has 0 unspecified atom stereocenters. The summed E-state index contributed by atoms with van der Waals surface area (Å²) in [5.41, 5.74) is 2.98. The van der Waals surface area contributed by atoms with Gasteiger partial charge in [-0.05, 0) is 24.6 Å². The van der Waals surface area contributed by atoms with Crippen LogP contribution >= 0.6 is 23.2 Å². The Balaban J connectivity index is 2.02. The number of anilines is 1. The van der Waals surface area contributed by atoms with Crippen molar-refractivity contribution in [1.29, 1.82) is 0 Å². The zero-order valence-corrected chi connectivity index (χ0v) is 15.5. The van der Waals surface area contributed by atoms with Gasteiger partial charge in [0.25, 0.3) is 5.69 Å². The number of imidazole rings is 1. The molecule has 0 amide bonds. The van der Waals surface area contributed by atoms with Crippen LogP contribution in [0.3, 0.4) is 0 Å². The minimum absolute atomic E-state index is 0.0202. The number of nitro groups is 1. The van der Waals surface area contributed by atoms with Crippen molar-refractivity contribution in [3.8, 4) is 16.9 Å². The first-order valence-electron chi connectivity index (χ1n) is 8.01. The number of hydrogen-bond acceptors (Lipinski definition) is 4. The maximum atomic E-state index is 11.1. The average molecular weight is 391 g/mol. The number of aromatic nitrogens is 2. The summed E-state index contributed by atoms with van der Waals surface area (Å²) in [7, 11) is 0. The van der Waals surface area contributed by atoms with Crippen LogP contribution in [-0.4, -0.2) is 21.0 Å². The highest BCUT2D eigenvalue weighted by atomic mass is 35.5. The number of halogens is 2. The van der Waals surface area contributed by atoms with E-state index in [1.54, 1.807) is 35.3 Å². The average Bonchev–Trinajstić information content (AvgIpc) is 3.12. The van der Waals surface area contributed by atoms with Gasteiger partial charge in [0.1, 0.15) is 0 Å².